The Labute approximate surface area is 115 Å². The van der Waals surface area contributed by atoms with Crippen LogP contribution in [0, 0.1) is 5.82 Å². The number of aryl methyl sites for hydroxylation is 1. The van der Waals surface area contributed by atoms with Gasteiger partial charge in [0.15, 0.2) is 0 Å². The van der Waals surface area contributed by atoms with Gasteiger partial charge in [0.25, 0.3) is 0 Å². The number of halogens is 1. The van der Waals surface area contributed by atoms with Crippen molar-refractivity contribution in [2.75, 3.05) is 0 Å². The van der Waals surface area contributed by atoms with E-state index in [-0.39, 0.29) is 5.82 Å². The average Bonchev–Trinajstić information content (AvgIpc) is 2.44. The minimum absolute atomic E-state index is 0.179. The van der Waals surface area contributed by atoms with Crippen LogP contribution in [-0.4, -0.2) is 0 Å². The van der Waals surface area contributed by atoms with Gasteiger partial charge in [0.05, 0.1) is 0 Å². The van der Waals surface area contributed by atoms with Gasteiger partial charge in [0.1, 0.15) is 5.82 Å². The first-order valence-electron chi connectivity index (χ1n) is 7.14. The van der Waals surface area contributed by atoms with Crippen LogP contribution in [0.4, 0.5) is 4.39 Å². The molecule has 0 bridgehead atoms. The lowest BCUT2D eigenvalue weighted by Crippen LogP contribution is -1.86. The Hall–Kier alpha value is -1.63. The second kappa shape index (κ2) is 7.08. The van der Waals surface area contributed by atoms with Crippen molar-refractivity contribution in [3.8, 4) is 11.1 Å². The van der Waals surface area contributed by atoms with E-state index in [1.807, 2.05) is 6.07 Å². The van der Waals surface area contributed by atoms with Crippen molar-refractivity contribution < 1.29 is 4.39 Å². The van der Waals surface area contributed by atoms with Crippen LogP contribution in [0.5, 0.6) is 0 Å². The molecule has 1 heteroatoms. The molecule has 0 aliphatic carbocycles. The summed E-state index contributed by atoms with van der Waals surface area (Å²) in [7, 11) is 0. The number of hydrogen-bond donors (Lipinski definition) is 0. The minimum atomic E-state index is -0.179. The van der Waals surface area contributed by atoms with Crippen LogP contribution in [0.1, 0.15) is 38.2 Å². The van der Waals surface area contributed by atoms with E-state index in [1.165, 1.54) is 37.3 Å². The zero-order valence-electron chi connectivity index (χ0n) is 11.5. The average molecular weight is 256 g/mol. The van der Waals surface area contributed by atoms with Gasteiger partial charge in [0.2, 0.25) is 0 Å². The van der Waals surface area contributed by atoms with Gasteiger partial charge in [-0.2, -0.15) is 0 Å². The first-order valence-corrected chi connectivity index (χ1v) is 7.14. The van der Waals surface area contributed by atoms with Gasteiger partial charge in [-0.05, 0) is 41.7 Å². The van der Waals surface area contributed by atoms with E-state index in [2.05, 4.69) is 31.2 Å². The maximum Gasteiger partial charge on any atom is 0.123 e. The van der Waals surface area contributed by atoms with Crippen LogP contribution in [-0.2, 0) is 6.42 Å². The van der Waals surface area contributed by atoms with Gasteiger partial charge in [-0.25, -0.2) is 4.39 Å². The third-order valence-electron chi connectivity index (χ3n) is 3.43. The van der Waals surface area contributed by atoms with E-state index in [1.54, 1.807) is 12.1 Å². The van der Waals surface area contributed by atoms with Crippen molar-refractivity contribution >= 4 is 0 Å². The summed E-state index contributed by atoms with van der Waals surface area (Å²) in [6.07, 6.45) is 6.30. The van der Waals surface area contributed by atoms with Crippen molar-refractivity contribution in [2.45, 2.75) is 39.0 Å². The fraction of sp³-hybridized carbons (Fsp3) is 0.333. The van der Waals surface area contributed by atoms with Crippen LogP contribution in [0.3, 0.4) is 0 Å². The third kappa shape index (κ3) is 4.20. The summed E-state index contributed by atoms with van der Waals surface area (Å²) < 4.78 is 13.2. The maximum atomic E-state index is 13.2. The highest BCUT2D eigenvalue weighted by Crippen LogP contribution is 2.21. The Balaban J connectivity index is 1.98. The minimum Gasteiger partial charge on any atom is -0.207 e. The molecule has 0 atom stereocenters. The molecule has 0 aromatic heterocycles. The molecule has 0 saturated heterocycles. The fourth-order valence-electron chi connectivity index (χ4n) is 2.29. The van der Waals surface area contributed by atoms with Crippen molar-refractivity contribution in [2.24, 2.45) is 0 Å². The van der Waals surface area contributed by atoms with Gasteiger partial charge in [0, 0.05) is 0 Å². The van der Waals surface area contributed by atoms with Crippen LogP contribution in [0.25, 0.3) is 11.1 Å². The monoisotopic (exact) mass is 256 g/mol. The molecule has 0 amide bonds. The molecule has 0 heterocycles. The Morgan fingerprint density at radius 2 is 1.63 bits per heavy atom. The summed E-state index contributed by atoms with van der Waals surface area (Å²) in [5, 5.41) is 0. The first kappa shape index (κ1) is 13.8. The zero-order valence-corrected chi connectivity index (χ0v) is 11.5. The van der Waals surface area contributed by atoms with Gasteiger partial charge in [-0.3, -0.25) is 0 Å². The van der Waals surface area contributed by atoms with Gasteiger partial charge in [-0.15, -0.1) is 0 Å². The van der Waals surface area contributed by atoms with Gasteiger partial charge in [-0.1, -0.05) is 62.6 Å². The zero-order chi connectivity index (χ0) is 13.5. The first-order chi connectivity index (χ1) is 9.29. The Morgan fingerprint density at radius 3 is 2.32 bits per heavy atom. The standard InChI is InChI=1S/C18H21F/c1-2-3-4-5-7-15-10-12-16(13-11-15)17-8-6-9-18(19)14-17/h6,8-14H,2-5,7H2,1H3. The highest BCUT2D eigenvalue weighted by Gasteiger charge is 2.00. The molecule has 0 N–H and O–H groups in total. The van der Waals surface area contributed by atoms with Crippen LogP contribution >= 0.6 is 0 Å². The lowest BCUT2D eigenvalue weighted by atomic mass is 10.0. The summed E-state index contributed by atoms with van der Waals surface area (Å²) in [6, 6.07) is 15.2. The molecule has 2 aromatic carbocycles. The molecule has 0 radical (unpaired) electrons. The lowest BCUT2D eigenvalue weighted by molar-refractivity contribution is 0.628. The van der Waals surface area contributed by atoms with E-state index in [9.17, 15) is 4.39 Å². The highest BCUT2D eigenvalue weighted by molar-refractivity contribution is 5.63. The Morgan fingerprint density at radius 1 is 0.842 bits per heavy atom. The van der Waals surface area contributed by atoms with E-state index in [0.717, 1.165) is 17.5 Å². The lowest BCUT2D eigenvalue weighted by Gasteiger charge is -2.05. The molecule has 2 rings (SSSR count). The van der Waals surface area contributed by atoms with Crippen molar-refractivity contribution in [3.05, 3.63) is 59.9 Å². The van der Waals surface area contributed by atoms with E-state index in [0.29, 0.717) is 0 Å². The van der Waals surface area contributed by atoms with Crippen LogP contribution in [0.2, 0.25) is 0 Å². The predicted octanol–water partition coefficient (Wildman–Crippen LogP) is 5.62. The topological polar surface area (TPSA) is 0 Å². The van der Waals surface area contributed by atoms with E-state index >= 15 is 0 Å². The molecule has 0 spiro atoms. The largest absolute Gasteiger partial charge is 0.207 e. The summed E-state index contributed by atoms with van der Waals surface area (Å²) >= 11 is 0. The van der Waals surface area contributed by atoms with Crippen molar-refractivity contribution in [3.63, 3.8) is 0 Å². The third-order valence-corrected chi connectivity index (χ3v) is 3.43. The van der Waals surface area contributed by atoms with E-state index < -0.39 is 0 Å². The number of rotatable bonds is 6. The quantitative estimate of drug-likeness (QED) is 0.589. The SMILES string of the molecule is CCCCCCc1ccc(-c2cccc(F)c2)cc1. The molecule has 2 aromatic rings. The number of hydrogen-bond acceptors (Lipinski definition) is 0. The number of benzene rings is 2. The number of unbranched alkanes of at least 4 members (excludes halogenated alkanes) is 3. The molecule has 19 heavy (non-hydrogen) atoms. The predicted molar refractivity (Wildman–Crippen MR) is 79.7 cm³/mol. The smallest absolute Gasteiger partial charge is 0.123 e. The molecular weight excluding hydrogens is 235 g/mol. The summed E-state index contributed by atoms with van der Waals surface area (Å²) in [5.74, 6) is -0.179. The van der Waals surface area contributed by atoms with Gasteiger partial charge >= 0.3 is 0 Å². The van der Waals surface area contributed by atoms with E-state index in [4.69, 9.17) is 0 Å². The van der Waals surface area contributed by atoms with Crippen LogP contribution < -0.4 is 0 Å². The molecule has 0 aliphatic rings. The second-order valence-corrected chi connectivity index (χ2v) is 5.02. The van der Waals surface area contributed by atoms with Gasteiger partial charge < -0.3 is 0 Å². The molecule has 0 aliphatic heterocycles. The molecule has 100 valence electrons. The summed E-state index contributed by atoms with van der Waals surface area (Å²) in [4.78, 5) is 0. The van der Waals surface area contributed by atoms with Crippen molar-refractivity contribution in [1.82, 2.24) is 0 Å². The summed E-state index contributed by atoms with van der Waals surface area (Å²) in [5.41, 5.74) is 3.39. The summed E-state index contributed by atoms with van der Waals surface area (Å²) in [6.45, 7) is 2.23. The van der Waals surface area contributed by atoms with Crippen molar-refractivity contribution in [1.29, 1.82) is 0 Å². The maximum absolute atomic E-state index is 13.2. The normalized spacial score (nSPS) is 10.6. The molecule has 0 unspecified atom stereocenters. The Bertz CT molecular complexity index is 499. The Kier molecular flexibility index (Phi) is 5.14. The van der Waals surface area contributed by atoms with Crippen LogP contribution in [0.15, 0.2) is 48.5 Å². The molecular formula is C18H21F. The molecule has 0 nitrogen and oxygen atoms in total. The fourth-order valence-corrected chi connectivity index (χ4v) is 2.29. The molecule has 0 saturated carbocycles. The second-order valence-electron chi connectivity index (χ2n) is 5.02. The molecule has 0 fully saturated rings. The highest BCUT2D eigenvalue weighted by atomic mass is 19.1.